The van der Waals surface area contributed by atoms with Gasteiger partial charge in [0.25, 0.3) is 0 Å². The molecule has 156 valence electrons. The topological polar surface area (TPSA) is 82.4 Å². The van der Waals surface area contributed by atoms with Gasteiger partial charge in [-0.1, -0.05) is 11.2 Å². The van der Waals surface area contributed by atoms with Crippen LogP contribution in [0, 0.1) is 20.8 Å². The summed E-state index contributed by atoms with van der Waals surface area (Å²) in [6.45, 7) is 8.16. The van der Waals surface area contributed by atoms with Crippen molar-refractivity contribution in [2.75, 3.05) is 13.7 Å². The zero-order chi connectivity index (χ0) is 21.5. The van der Waals surface area contributed by atoms with Crippen LogP contribution >= 0.6 is 0 Å². The third-order valence-corrected chi connectivity index (χ3v) is 4.41. The van der Waals surface area contributed by atoms with Crippen molar-refractivity contribution in [3.63, 3.8) is 0 Å². The fourth-order valence-corrected chi connectivity index (χ4v) is 3.04. The molecule has 3 aromatic rings. The minimum absolute atomic E-state index is 0.491. The molecule has 0 radical (unpaired) electrons. The normalized spacial score (nSPS) is 11.4. The van der Waals surface area contributed by atoms with Gasteiger partial charge in [-0.15, -0.1) is 0 Å². The molecular formula is C23H27N5O2. The highest BCUT2D eigenvalue weighted by Crippen LogP contribution is 2.22. The summed E-state index contributed by atoms with van der Waals surface area (Å²) in [5, 5.41) is 4.15. The number of methoxy groups -OCH3 is 1. The van der Waals surface area contributed by atoms with Crippen molar-refractivity contribution >= 4 is 5.71 Å². The van der Waals surface area contributed by atoms with Gasteiger partial charge in [0.15, 0.2) is 5.82 Å². The van der Waals surface area contributed by atoms with E-state index in [9.17, 15) is 0 Å². The van der Waals surface area contributed by atoms with E-state index >= 15 is 0 Å². The van der Waals surface area contributed by atoms with Crippen molar-refractivity contribution in [1.29, 1.82) is 0 Å². The Morgan fingerprint density at radius 3 is 2.37 bits per heavy atom. The molecule has 0 spiro atoms. The zero-order valence-corrected chi connectivity index (χ0v) is 18.1. The molecule has 7 nitrogen and oxygen atoms in total. The van der Waals surface area contributed by atoms with Gasteiger partial charge in [-0.05, 0) is 58.7 Å². The van der Waals surface area contributed by atoms with Crippen molar-refractivity contribution in [3.8, 4) is 17.1 Å². The van der Waals surface area contributed by atoms with Crippen LogP contribution in [0.2, 0.25) is 0 Å². The number of pyridine rings is 2. The van der Waals surface area contributed by atoms with Crippen LogP contribution in [0.3, 0.4) is 0 Å². The number of rotatable bonds is 8. The predicted molar refractivity (Wildman–Crippen MR) is 117 cm³/mol. The Morgan fingerprint density at radius 2 is 1.63 bits per heavy atom. The molecule has 3 rings (SSSR count). The Labute approximate surface area is 177 Å². The number of aryl methyl sites for hydroxylation is 4. The minimum Gasteiger partial charge on any atom is -0.497 e. The third kappa shape index (κ3) is 5.83. The molecule has 0 aliphatic carbocycles. The Kier molecular flexibility index (Phi) is 7.06. The van der Waals surface area contributed by atoms with Crippen LogP contribution in [0.5, 0.6) is 5.75 Å². The van der Waals surface area contributed by atoms with Crippen LogP contribution < -0.4 is 4.74 Å². The Balaban J connectivity index is 1.57. The van der Waals surface area contributed by atoms with Crippen LogP contribution in [-0.2, 0) is 11.3 Å². The maximum atomic E-state index is 5.46. The highest BCUT2D eigenvalue weighted by molar-refractivity contribution is 5.94. The van der Waals surface area contributed by atoms with E-state index in [4.69, 9.17) is 14.6 Å². The summed E-state index contributed by atoms with van der Waals surface area (Å²) in [4.78, 5) is 23.5. The summed E-state index contributed by atoms with van der Waals surface area (Å²) < 4.78 is 5.34. The maximum absolute atomic E-state index is 5.46. The average Bonchev–Trinajstić information content (AvgIpc) is 2.72. The summed E-state index contributed by atoms with van der Waals surface area (Å²) in [5.74, 6) is 1.38. The first-order chi connectivity index (χ1) is 14.4. The molecule has 30 heavy (non-hydrogen) atoms. The van der Waals surface area contributed by atoms with E-state index in [0.717, 1.165) is 52.8 Å². The quantitative estimate of drug-likeness (QED) is 0.317. The molecule has 0 saturated heterocycles. The van der Waals surface area contributed by atoms with E-state index in [1.54, 1.807) is 7.11 Å². The smallest absolute Gasteiger partial charge is 0.177 e. The maximum Gasteiger partial charge on any atom is 0.177 e. The first-order valence-corrected chi connectivity index (χ1v) is 9.93. The summed E-state index contributed by atoms with van der Waals surface area (Å²) in [7, 11) is 1.65. The van der Waals surface area contributed by atoms with E-state index in [1.807, 2.05) is 64.1 Å². The Morgan fingerprint density at radius 1 is 0.900 bits per heavy atom. The Bertz CT molecular complexity index is 1030. The average molecular weight is 406 g/mol. The second-order valence-electron chi connectivity index (χ2n) is 7.14. The fourth-order valence-electron chi connectivity index (χ4n) is 3.04. The van der Waals surface area contributed by atoms with E-state index < -0.39 is 0 Å². The highest BCUT2D eigenvalue weighted by Gasteiger charge is 2.07. The zero-order valence-electron chi connectivity index (χ0n) is 18.1. The molecule has 0 N–H and O–H groups in total. The summed E-state index contributed by atoms with van der Waals surface area (Å²) in [6, 6.07) is 11.7. The lowest BCUT2D eigenvalue weighted by Gasteiger charge is -2.07. The van der Waals surface area contributed by atoms with Gasteiger partial charge in [-0.3, -0.25) is 9.97 Å². The molecule has 0 amide bonds. The molecule has 0 fully saturated rings. The summed E-state index contributed by atoms with van der Waals surface area (Å²) in [6.07, 6.45) is 1.58. The number of ether oxygens (including phenoxy) is 1. The van der Waals surface area contributed by atoms with Gasteiger partial charge in [-0.2, -0.15) is 0 Å². The second kappa shape index (κ2) is 9.91. The van der Waals surface area contributed by atoms with E-state index in [-0.39, 0.29) is 0 Å². The van der Waals surface area contributed by atoms with E-state index in [2.05, 4.69) is 20.1 Å². The molecule has 0 aliphatic heterocycles. The summed E-state index contributed by atoms with van der Waals surface area (Å²) >= 11 is 0. The van der Waals surface area contributed by atoms with Crippen molar-refractivity contribution < 1.29 is 9.57 Å². The number of hydrogen-bond acceptors (Lipinski definition) is 7. The number of oxime groups is 1. The Hall–Kier alpha value is -3.35. The second-order valence-corrected chi connectivity index (χ2v) is 7.14. The molecule has 3 heterocycles. The van der Waals surface area contributed by atoms with Crippen LogP contribution in [0.1, 0.15) is 41.9 Å². The minimum atomic E-state index is 0.491. The van der Waals surface area contributed by atoms with Crippen LogP contribution in [0.4, 0.5) is 0 Å². The monoisotopic (exact) mass is 405 g/mol. The molecule has 7 heteroatoms. The molecule has 0 aliphatic rings. The van der Waals surface area contributed by atoms with Gasteiger partial charge in [0, 0.05) is 34.9 Å². The lowest BCUT2D eigenvalue weighted by atomic mass is 10.1. The first kappa shape index (κ1) is 21.4. The van der Waals surface area contributed by atoms with Crippen molar-refractivity contribution in [2.24, 2.45) is 5.16 Å². The van der Waals surface area contributed by atoms with Gasteiger partial charge in [0.05, 0.1) is 18.5 Å². The first-order valence-electron chi connectivity index (χ1n) is 9.93. The standard InChI is InChI=1S/C23H27N5O2/c1-15-12-16(2)26-23(25-15)18(4)28-30-11-7-9-19-8-6-10-21(27-19)22-14-20(29-5)13-17(3)24-22/h6,8,10,12-14H,7,9,11H2,1-5H3. The van der Waals surface area contributed by atoms with Crippen LogP contribution in [0.25, 0.3) is 11.4 Å². The molecular weight excluding hydrogens is 378 g/mol. The van der Waals surface area contributed by atoms with Gasteiger partial charge in [0.2, 0.25) is 0 Å². The van der Waals surface area contributed by atoms with E-state index in [1.165, 1.54) is 0 Å². The van der Waals surface area contributed by atoms with Crippen LogP contribution in [0.15, 0.2) is 41.6 Å². The fraction of sp³-hybridized carbons (Fsp3) is 0.348. The number of hydrogen-bond donors (Lipinski definition) is 0. The van der Waals surface area contributed by atoms with Crippen molar-refractivity contribution in [3.05, 3.63) is 65.0 Å². The van der Waals surface area contributed by atoms with Gasteiger partial charge >= 0.3 is 0 Å². The largest absolute Gasteiger partial charge is 0.497 e. The third-order valence-electron chi connectivity index (χ3n) is 4.41. The molecule has 0 bridgehead atoms. The van der Waals surface area contributed by atoms with E-state index in [0.29, 0.717) is 18.1 Å². The lowest BCUT2D eigenvalue weighted by molar-refractivity contribution is 0.141. The summed E-state index contributed by atoms with van der Waals surface area (Å²) in [5.41, 5.74) is 6.01. The van der Waals surface area contributed by atoms with Crippen LogP contribution in [-0.4, -0.2) is 39.4 Å². The molecule has 0 unspecified atom stereocenters. The van der Waals surface area contributed by atoms with Gasteiger partial charge in [-0.25, -0.2) is 9.97 Å². The number of nitrogens with zero attached hydrogens (tertiary/aromatic N) is 5. The highest BCUT2D eigenvalue weighted by atomic mass is 16.6. The van der Waals surface area contributed by atoms with Crippen molar-refractivity contribution in [2.45, 2.75) is 40.5 Å². The molecule has 0 atom stereocenters. The predicted octanol–water partition coefficient (Wildman–Crippen LogP) is 4.24. The molecule has 0 aromatic carbocycles. The molecule has 0 saturated carbocycles. The van der Waals surface area contributed by atoms with Gasteiger partial charge in [0.1, 0.15) is 18.1 Å². The molecule has 3 aromatic heterocycles. The van der Waals surface area contributed by atoms with Gasteiger partial charge < -0.3 is 9.57 Å². The van der Waals surface area contributed by atoms with Crippen molar-refractivity contribution in [1.82, 2.24) is 19.9 Å². The number of aromatic nitrogens is 4. The SMILES string of the molecule is COc1cc(C)nc(-c2cccc(CCCON=C(C)c3nc(C)cc(C)n3)n2)c1. The lowest BCUT2D eigenvalue weighted by Crippen LogP contribution is -2.06.